The molecule has 1 saturated carbocycles. The number of rotatable bonds is 6. The summed E-state index contributed by atoms with van der Waals surface area (Å²) in [5, 5.41) is 13.4. The largest absolute Gasteiger partial charge is 0.492 e. The number of pyridine rings is 1. The van der Waals surface area contributed by atoms with E-state index >= 15 is 0 Å². The number of aromatic amines is 1. The monoisotopic (exact) mass is 371 g/mol. The van der Waals surface area contributed by atoms with E-state index in [-0.39, 0.29) is 5.88 Å². The van der Waals surface area contributed by atoms with Crippen molar-refractivity contribution in [1.29, 1.82) is 0 Å². The van der Waals surface area contributed by atoms with Crippen molar-refractivity contribution in [2.75, 3.05) is 11.9 Å². The van der Waals surface area contributed by atoms with Crippen molar-refractivity contribution in [2.45, 2.75) is 19.3 Å². The first-order valence-electron chi connectivity index (χ1n) is 9.56. The summed E-state index contributed by atoms with van der Waals surface area (Å²) in [6.07, 6.45) is 8.87. The molecule has 0 spiro atoms. The molecule has 6 heteroatoms. The summed E-state index contributed by atoms with van der Waals surface area (Å²) in [5.41, 5.74) is 4.81. The summed E-state index contributed by atoms with van der Waals surface area (Å²) in [6, 6.07) is 12.4. The van der Waals surface area contributed by atoms with Crippen LogP contribution in [-0.4, -0.2) is 32.8 Å². The molecule has 3 N–H and O–H groups in total. The van der Waals surface area contributed by atoms with Gasteiger partial charge >= 0.3 is 0 Å². The lowest BCUT2D eigenvalue weighted by Gasteiger charge is -2.05. The van der Waals surface area contributed by atoms with Gasteiger partial charge in [-0.1, -0.05) is 30.3 Å². The molecule has 0 amide bonds. The van der Waals surface area contributed by atoms with E-state index in [1.54, 1.807) is 6.21 Å². The summed E-state index contributed by atoms with van der Waals surface area (Å²) < 4.78 is 0. The summed E-state index contributed by atoms with van der Waals surface area (Å²) in [5.74, 6) is 2.02. The first-order valence-corrected chi connectivity index (χ1v) is 9.56. The molecule has 2 aromatic heterocycles. The Hall–Kier alpha value is -3.41. The summed E-state index contributed by atoms with van der Waals surface area (Å²) >= 11 is 0. The number of allylic oxidation sites excluding steroid dienone is 1. The zero-order chi connectivity index (χ0) is 18.9. The van der Waals surface area contributed by atoms with Gasteiger partial charge in [-0.3, -0.25) is 0 Å². The number of H-pyrrole nitrogens is 1. The molecule has 1 aliphatic heterocycles. The highest BCUT2D eigenvalue weighted by Gasteiger charge is 2.21. The van der Waals surface area contributed by atoms with Gasteiger partial charge in [0.1, 0.15) is 5.69 Å². The number of hydrogen-bond acceptors (Lipinski definition) is 5. The average Bonchev–Trinajstić information content (AvgIpc) is 3.37. The molecule has 3 heterocycles. The van der Waals surface area contributed by atoms with E-state index in [1.165, 1.54) is 18.4 Å². The van der Waals surface area contributed by atoms with Crippen molar-refractivity contribution in [1.82, 2.24) is 15.0 Å². The first kappa shape index (κ1) is 16.7. The number of anilines is 1. The molecule has 1 fully saturated rings. The van der Waals surface area contributed by atoms with Gasteiger partial charge in [0.15, 0.2) is 5.82 Å². The Morgan fingerprint density at radius 1 is 1.18 bits per heavy atom. The van der Waals surface area contributed by atoms with Crippen molar-refractivity contribution < 1.29 is 5.11 Å². The van der Waals surface area contributed by atoms with Crippen LogP contribution in [0.4, 0.5) is 11.8 Å². The van der Waals surface area contributed by atoms with Crippen LogP contribution in [0, 0.1) is 5.92 Å². The van der Waals surface area contributed by atoms with Crippen LogP contribution in [-0.2, 0) is 6.42 Å². The van der Waals surface area contributed by atoms with Gasteiger partial charge < -0.3 is 15.4 Å². The highest BCUT2D eigenvalue weighted by Crippen LogP contribution is 2.33. The van der Waals surface area contributed by atoms with Gasteiger partial charge in [0.25, 0.3) is 0 Å². The number of aromatic nitrogens is 3. The molecular formula is C22H21N5O. The number of benzene rings is 1. The van der Waals surface area contributed by atoms with Gasteiger partial charge in [-0.2, -0.15) is 4.98 Å². The van der Waals surface area contributed by atoms with Crippen LogP contribution in [0.5, 0.6) is 5.88 Å². The normalized spacial score (nSPS) is 16.5. The number of nitrogens with one attached hydrogen (secondary N) is 2. The van der Waals surface area contributed by atoms with E-state index < -0.39 is 0 Å². The quantitative estimate of drug-likeness (QED) is 0.607. The predicted molar refractivity (Wildman–Crippen MR) is 111 cm³/mol. The van der Waals surface area contributed by atoms with E-state index in [1.807, 2.05) is 30.5 Å². The Kier molecular flexibility index (Phi) is 4.16. The number of hydrogen-bond donors (Lipinski definition) is 3. The molecule has 5 rings (SSSR count). The molecule has 0 radical (unpaired) electrons. The Labute approximate surface area is 163 Å². The van der Waals surface area contributed by atoms with E-state index in [9.17, 15) is 5.11 Å². The topological polar surface area (TPSA) is 86.2 Å². The SMILES string of the molecule is Oc1nc(NCC2CC2)[nH]c1C=C1C=Nc2ncc(Cc3ccccc3)cc21. The third kappa shape index (κ3) is 3.53. The van der Waals surface area contributed by atoms with Gasteiger partial charge in [0.2, 0.25) is 11.8 Å². The van der Waals surface area contributed by atoms with E-state index in [4.69, 9.17) is 0 Å². The second kappa shape index (κ2) is 6.96. The van der Waals surface area contributed by atoms with Crippen molar-refractivity contribution >= 4 is 29.6 Å². The predicted octanol–water partition coefficient (Wildman–Crippen LogP) is 4.18. The minimum Gasteiger partial charge on any atom is -0.492 e. The minimum atomic E-state index is -0.0129. The average molecular weight is 371 g/mol. The molecule has 0 unspecified atom stereocenters. The molecule has 6 nitrogen and oxygen atoms in total. The lowest BCUT2D eigenvalue weighted by Crippen LogP contribution is -2.04. The zero-order valence-corrected chi connectivity index (χ0v) is 15.4. The molecule has 3 aromatic rings. The van der Waals surface area contributed by atoms with Crippen LogP contribution in [0.3, 0.4) is 0 Å². The summed E-state index contributed by atoms with van der Waals surface area (Å²) in [7, 11) is 0. The Morgan fingerprint density at radius 3 is 2.86 bits per heavy atom. The van der Waals surface area contributed by atoms with Gasteiger partial charge in [-0.25, -0.2) is 9.98 Å². The fourth-order valence-electron chi connectivity index (χ4n) is 3.34. The van der Waals surface area contributed by atoms with Crippen LogP contribution in [0.15, 0.2) is 47.6 Å². The standard InChI is InChI=1S/C22H21N5O/c28-21-19(26-22(27-21)25-11-15-6-7-15)10-17-13-24-20-18(17)9-16(12-23-20)8-14-4-2-1-3-5-14/h1-5,9-10,12-13,15,28H,6-8,11H2,(H2,25,26,27). The molecular weight excluding hydrogens is 350 g/mol. The van der Waals surface area contributed by atoms with Gasteiger partial charge in [-0.05, 0) is 48.4 Å². The van der Waals surface area contributed by atoms with E-state index in [0.717, 1.165) is 35.6 Å². The molecule has 140 valence electrons. The fourth-order valence-corrected chi connectivity index (χ4v) is 3.34. The van der Waals surface area contributed by atoms with Gasteiger partial charge in [0.05, 0.1) is 0 Å². The van der Waals surface area contributed by atoms with Crippen LogP contribution < -0.4 is 5.32 Å². The second-order valence-electron chi connectivity index (χ2n) is 7.38. The number of imidazole rings is 1. The van der Waals surface area contributed by atoms with Crippen LogP contribution in [0.1, 0.15) is 35.2 Å². The smallest absolute Gasteiger partial charge is 0.238 e. The third-order valence-electron chi connectivity index (χ3n) is 5.08. The maximum atomic E-state index is 10.2. The molecule has 1 aromatic carbocycles. The van der Waals surface area contributed by atoms with Crippen molar-refractivity contribution in [3.8, 4) is 5.88 Å². The third-order valence-corrected chi connectivity index (χ3v) is 5.08. The summed E-state index contributed by atoms with van der Waals surface area (Å²) in [4.78, 5) is 16.2. The van der Waals surface area contributed by atoms with Crippen molar-refractivity contribution in [3.05, 3.63) is 65.0 Å². The lowest BCUT2D eigenvalue weighted by molar-refractivity contribution is 0.455. The van der Waals surface area contributed by atoms with Crippen LogP contribution in [0.2, 0.25) is 0 Å². The Balaban J connectivity index is 1.39. The minimum absolute atomic E-state index is 0.0129. The highest BCUT2D eigenvalue weighted by atomic mass is 16.3. The van der Waals surface area contributed by atoms with E-state index in [2.05, 4.69) is 43.5 Å². The van der Waals surface area contributed by atoms with Crippen molar-refractivity contribution in [2.24, 2.45) is 10.9 Å². The molecule has 0 atom stereocenters. The second-order valence-corrected chi connectivity index (χ2v) is 7.38. The van der Waals surface area contributed by atoms with Gasteiger partial charge in [-0.15, -0.1) is 0 Å². The first-order chi connectivity index (χ1) is 13.7. The molecule has 1 aliphatic carbocycles. The van der Waals surface area contributed by atoms with Crippen LogP contribution >= 0.6 is 0 Å². The zero-order valence-electron chi connectivity index (χ0n) is 15.4. The van der Waals surface area contributed by atoms with Crippen LogP contribution in [0.25, 0.3) is 11.6 Å². The fraction of sp³-hybridized carbons (Fsp3) is 0.227. The van der Waals surface area contributed by atoms with Gasteiger partial charge in [0, 0.05) is 30.1 Å². The van der Waals surface area contributed by atoms with Crippen molar-refractivity contribution in [3.63, 3.8) is 0 Å². The summed E-state index contributed by atoms with van der Waals surface area (Å²) in [6.45, 7) is 0.889. The maximum absolute atomic E-state index is 10.2. The van der Waals surface area contributed by atoms with E-state index in [0.29, 0.717) is 17.5 Å². The molecule has 0 bridgehead atoms. The maximum Gasteiger partial charge on any atom is 0.238 e. The number of nitrogens with zero attached hydrogens (tertiary/aromatic N) is 3. The molecule has 0 saturated heterocycles. The number of fused-ring (bicyclic) bond motifs is 1. The molecule has 2 aliphatic rings. The lowest BCUT2D eigenvalue weighted by atomic mass is 10.0. The number of aromatic hydroxyl groups is 1. The Morgan fingerprint density at radius 2 is 2.04 bits per heavy atom. The highest BCUT2D eigenvalue weighted by molar-refractivity contribution is 6.21. The number of aliphatic imine (C=N–C) groups is 1. The molecule has 28 heavy (non-hydrogen) atoms. The Bertz CT molecular complexity index is 1060.